The molecule has 0 saturated carbocycles. The van der Waals surface area contributed by atoms with E-state index in [1.165, 1.54) is 0 Å². The van der Waals surface area contributed by atoms with Crippen LogP contribution >= 0.6 is 0 Å². The van der Waals surface area contributed by atoms with E-state index >= 15 is 0 Å². The Kier molecular flexibility index (Phi) is 7.09. The average Bonchev–Trinajstić information content (AvgIpc) is 2.95. The third-order valence-corrected chi connectivity index (χ3v) is 3.09. The lowest BCUT2D eigenvalue weighted by Gasteiger charge is -2.15. The average molecular weight is 280 g/mol. The maximum absolute atomic E-state index is 11.5. The van der Waals surface area contributed by atoms with Gasteiger partial charge in [-0.05, 0) is 45.4 Å². The van der Waals surface area contributed by atoms with Gasteiger partial charge in [0.25, 0.3) is 0 Å². The lowest BCUT2D eigenvalue weighted by molar-refractivity contribution is -0.138. The first-order valence-electron chi connectivity index (χ1n) is 7.01. The number of ether oxygens (including phenoxy) is 3. The van der Waals surface area contributed by atoms with E-state index in [1.54, 1.807) is 19.9 Å². The van der Waals surface area contributed by atoms with E-state index in [4.69, 9.17) is 14.2 Å². The molecule has 112 valence electrons. The normalized spacial score (nSPS) is 21.0. The molecule has 0 spiro atoms. The molecule has 4 nitrogen and oxygen atoms in total. The number of allylic oxidation sites excluding steroid dienone is 4. The fourth-order valence-electron chi connectivity index (χ4n) is 1.70. The summed E-state index contributed by atoms with van der Waals surface area (Å²) in [5, 5.41) is 0. The zero-order valence-corrected chi connectivity index (χ0v) is 12.8. The molecule has 1 fully saturated rings. The number of carbonyl (C=O) groups is 1. The minimum atomic E-state index is -0.301. The third-order valence-electron chi connectivity index (χ3n) is 3.09. The number of esters is 1. The van der Waals surface area contributed by atoms with Crippen molar-refractivity contribution >= 4 is 5.97 Å². The van der Waals surface area contributed by atoms with E-state index in [2.05, 4.69) is 0 Å². The second-order valence-electron chi connectivity index (χ2n) is 4.68. The Balaban J connectivity index is 2.78. The first-order chi connectivity index (χ1) is 9.58. The van der Waals surface area contributed by atoms with Gasteiger partial charge in [0.2, 0.25) is 0 Å². The van der Waals surface area contributed by atoms with Gasteiger partial charge >= 0.3 is 5.97 Å². The van der Waals surface area contributed by atoms with Gasteiger partial charge < -0.3 is 14.2 Å². The quantitative estimate of drug-likeness (QED) is 0.324. The highest BCUT2D eigenvalue weighted by atomic mass is 16.5. The van der Waals surface area contributed by atoms with Crippen molar-refractivity contribution in [2.24, 2.45) is 0 Å². The van der Waals surface area contributed by atoms with Crippen molar-refractivity contribution in [3.05, 3.63) is 35.1 Å². The van der Waals surface area contributed by atoms with Crippen molar-refractivity contribution in [1.29, 1.82) is 0 Å². The molecule has 4 heteroatoms. The lowest BCUT2D eigenvalue weighted by Crippen LogP contribution is -2.12. The van der Waals surface area contributed by atoms with Crippen LogP contribution in [0.5, 0.6) is 0 Å². The first kappa shape index (κ1) is 16.5. The van der Waals surface area contributed by atoms with E-state index in [-0.39, 0.29) is 12.1 Å². The highest BCUT2D eigenvalue weighted by Gasteiger charge is 2.18. The molecule has 0 aromatic rings. The van der Waals surface area contributed by atoms with Crippen molar-refractivity contribution in [3.8, 4) is 0 Å². The molecule has 0 aliphatic carbocycles. The van der Waals surface area contributed by atoms with Gasteiger partial charge in [-0.2, -0.15) is 0 Å². The largest absolute Gasteiger partial charge is 0.488 e. The molecule has 0 aromatic carbocycles. The molecule has 1 unspecified atom stereocenters. The molecule has 1 atom stereocenters. The molecule has 1 saturated heterocycles. The van der Waals surface area contributed by atoms with Crippen molar-refractivity contribution < 1.29 is 19.0 Å². The maximum atomic E-state index is 11.5. The molecule has 0 radical (unpaired) electrons. The van der Waals surface area contributed by atoms with Crippen molar-refractivity contribution in [1.82, 2.24) is 0 Å². The van der Waals surface area contributed by atoms with Crippen LogP contribution in [0.4, 0.5) is 0 Å². The summed E-state index contributed by atoms with van der Waals surface area (Å²) in [6.45, 7) is 9.20. The summed E-state index contributed by atoms with van der Waals surface area (Å²) in [6.07, 6.45) is 6.52. The van der Waals surface area contributed by atoms with Gasteiger partial charge in [0.15, 0.2) is 0 Å². The Hall–Kier alpha value is -1.55. The van der Waals surface area contributed by atoms with Crippen molar-refractivity contribution in [3.63, 3.8) is 0 Å². The van der Waals surface area contributed by atoms with E-state index < -0.39 is 0 Å². The molecule has 1 heterocycles. The second-order valence-corrected chi connectivity index (χ2v) is 4.68. The first-order valence-corrected chi connectivity index (χ1v) is 7.01. The summed E-state index contributed by atoms with van der Waals surface area (Å²) in [5.41, 5.74) is 1.59. The summed E-state index contributed by atoms with van der Waals surface area (Å²) in [5.74, 6) is 0.470. The molecule has 0 amide bonds. The van der Waals surface area contributed by atoms with Gasteiger partial charge in [-0.25, -0.2) is 4.79 Å². The minimum absolute atomic E-state index is 0.0902. The van der Waals surface area contributed by atoms with Gasteiger partial charge in [-0.15, -0.1) is 0 Å². The topological polar surface area (TPSA) is 44.8 Å². The van der Waals surface area contributed by atoms with Gasteiger partial charge in [-0.1, -0.05) is 6.08 Å². The molecule has 1 rings (SSSR count). The Morgan fingerprint density at radius 3 is 2.60 bits per heavy atom. The van der Waals surface area contributed by atoms with Crippen LogP contribution in [-0.2, 0) is 19.0 Å². The molecular formula is C16H24O4. The van der Waals surface area contributed by atoms with Crippen LogP contribution in [0, 0.1) is 0 Å². The molecule has 1 aliphatic rings. The summed E-state index contributed by atoms with van der Waals surface area (Å²) >= 11 is 0. The Morgan fingerprint density at radius 1 is 1.30 bits per heavy atom. The molecule has 0 aromatic heterocycles. The smallest absolute Gasteiger partial charge is 0.333 e. The van der Waals surface area contributed by atoms with Crippen LogP contribution in [0.3, 0.4) is 0 Å². The number of hydrogen-bond donors (Lipinski definition) is 0. The fraction of sp³-hybridized carbons (Fsp3) is 0.562. The van der Waals surface area contributed by atoms with E-state index in [0.29, 0.717) is 18.8 Å². The van der Waals surface area contributed by atoms with Crippen molar-refractivity contribution in [2.75, 3.05) is 19.8 Å². The van der Waals surface area contributed by atoms with Gasteiger partial charge in [0.05, 0.1) is 19.8 Å². The summed E-state index contributed by atoms with van der Waals surface area (Å²) in [4.78, 5) is 11.5. The number of carbonyl (C=O) groups excluding carboxylic acids is 1. The predicted octanol–water partition coefficient (Wildman–Crippen LogP) is 3.15. The highest BCUT2D eigenvalue weighted by Crippen LogP contribution is 2.19. The molecular weight excluding hydrogens is 256 g/mol. The van der Waals surface area contributed by atoms with Crippen LogP contribution in [0.2, 0.25) is 0 Å². The highest BCUT2D eigenvalue weighted by molar-refractivity contribution is 5.88. The standard InChI is InChI=1S/C16H24O4/c1-5-12(3)15(20-14-9-10-18-11-14)8-7-13(4)16(17)19-6-2/h5,7-8,14H,6,9-11H2,1-4H3/b12-5-,13-7+,15-8+. The minimum Gasteiger partial charge on any atom is -0.488 e. The summed E-state index contributed by atoms with van der Waals surface area (Å²) < 4.78 is 16.2. The van der Waals surface area contributed by atoms with Gasteiger partial charge in [-0.3, -0.25) is 0 Å². The monoisotopic (exact) mass is 280 g/mol. The molecule has 20 heavy (non-hydrogen) atoms. The van der Waals surface area contributed by atoms with Crippen LogP contribution < -0.4 is 0 Å². The van der Waals surface area contributed by atoms with E-state index in [1.807, 2.05) is 26.0 Å². The second kappa shape index (κ2) is 8.59. The van der Waals surface area contributed by atoms with E-state index in [0.717, 1.165) is 24.4 Å². The fourth-order valence-corrected chi connectivity index (χ4v) is 1.70. The predicted molar refractivity (Wildman–Crippen MR) is 78.2 cm³/mol. The van der Waals surface area contributed by atoms with Gasteiger partial charge in [0.1, 0.15) is 11.9 Å². The summed E-state index contributed by atoms with van der Waals surface area (Å²) in [7, 11) is 0. The number of hydrogen-bond acceptors (Lipinski definition) is 4. The maximum Gasteiger partial charge on any atom is 0.333 e. The SMILES string of the molecule is C\C=C(C)/C(=C\C=C(/C)C(=O)OCC)OC1CCOC1. The van der Waals surface area contributed by atoms with Crippen LogP contribution in [0.25, 0.3) is 0 Å². The lowest BCUT2D eigenvalue weighted by atomic mass is 10.2. The van der Waals surface area contributed by atoms with Crippen molar-refractivity contribution in [2.45, 2.75) is 40.2 Å². The Morgan fingerprint density at radius 2 is 2.05 bits per heavy atom. The zero-order chi connectivity index (χ0) is 15.0. The molecule has 0 bridgehead atoms. The Labute approximate surface area is 121 Å². The summed E-state index contributed by atoms with van der Waals surface area (Å²) in [6, 6.07) is 0. The Bertz CT molecular complexity index is 412. The number of rotatable bonds is 6. The van der Waals surface area contributed by atoms with E-state index in [9.17, 15) is 4.79 Å². The van der Waals surface area contributed by atoms with Crippen LogP contribution in [0.15, 0.2) is 35.1 Å². The van der Waals surface area contributed by atoms with Crippen LogP contribution in [-0.4, -0.2) is 31.9 Å². The molecule has 0 N–H and O–H groups in total. The zero-order valence-electron chi connectivity index (χ0n) is 12.8. The van der Waals surface area contributed by atoms with Gasteiger partial charge in [0, 0.05) is 12.0 Å². The third kappa shape index (κ3) is 5.21. The molecule has 1 aliphatic heterocycles. The van der Waals surface area contributed by atoms with Crippen LogP contribution in [0.1, 0.15) is 34.1 Å².